The summed E-state index contributed by atoms with van der Waals surface area (Å²) in [6.45, 7) is -0.419. The Labute approximate surface area is 130 Å². The number of imide groups is 1. The fraction of sp³-hybridized carbons (Fsp3) is 0.214. The molecule has 0 saturated carbocycles. The number of aromatic hydroxyl groups is 1. The number of nitrogens with zero attached hydrogens (tertiary/aromatic N) is 1. The SMILES string of the molecule is COC(=O)CN1C(=O)SC(=Cc2ccc(O)c(OC)c2)C1=O. The molecule has 0 aliphatic carbocycles. The van der Waals surface area contributed by atoms with Crippen molar-refractivity contribution in [2.24, 2.45) is 0 Å². The Hall–Kier alpha value is -2.48. The number of hydrogen-bond acceptors (Lipinski definition) is 7. The number of hydrogen-bond donors (Lipinski definition) is 1. The van der Waals surface area contributed by atoms with Crippen LogP contribution < -0.4 is 4.74 Å². The van der Waals surface area contributed by atoms with Gasteiger partial charge < -0.3 is 14.6 Å². The van der Waals surface area contributed by atoms with Crippen molar-refractivity contribution >= 4 is 35.0 Å². The van der Waals surface area contributed by atoms with E-state index in [0.29, 0.717) is 5.56 Å². The van der Waals surface area contributed by atoms with Crippen molar-refractivity contribution in [2.75, 3.05) is 20.8 Å². The normalized spacial score (nSPS) is 16.3. The third-order valence-electron chi connectivity index (χ3n) is 2.89. The number of phenols is 1. The summed E-state index contributed by atoms with van der Waals surface area (Å²) in [5.41, 5.74) is 0.582. The molecule has 1 aromatic rings. The summed E-state index contributed by atoms with van der Waals surface area (Å²) in [6, 6.07) is 4.53. The molecule has 1 aliphatic rings. The first-order chi connectivity index (χ1) is 10.5. The van der Waals surface area contributed by atoms with Crippen LogP contribution in [0.5, 0.6) is 11.5 Å². The summed E-state index contributed by atoms with van der Waals surface area (Å²) in [5.74, 6) is -1.01. The van der Waals surface area contributed by atoms with Crippen molar-refractivity contribution in [3.63, 3.8) is 0 Å². The first-order valence-electron chi connectivity index (χ1n) is 6.15. The molecule has 0 bridgehead atoms. The van der Waals surface area contributed by atoms with Crippen LogP contribution in [0.25, 0.3) is 6.08 Å². The first kappa shape index (κ1) is 15.9. The molecular formula is C14H13NO6S. The van der Waals surface area contributed by atoms with Gasteiger partial charge in [0.05, 0.1) is 19.1 Å². The van der Waals surface area contributed by atoms with Gasteiger partial charge in [0, 0.05) is 0 Å². The molecule has 2 amide bonds. The fourth-order valence-corrected chi connectivity index (χ4v) is 2.60. The van der Waals surface area contributed by atoms with Crippen LogP contribution in [-0.4, -0.2) is 47.9 Å². The Balaban J connectivity index is 2.24. The van der Waals surface area contributed by atoms with E-state index in [9.17, 15) is 19.5 Å². The number of rotatable bonds is 4. The minimum absolute atomic E-state index is 0.0292. The number of ether oxygens (including phenoxy) is 2. The fourth-order valence-electron chi connectivity index (χ4n) is 1.77. The van der Waals surface area contributed by atoms with E-state index in [1.165, 1.54) is 32.4 Å². The lowest BCUT2D eigenvalue weighted by atomic mass is 10.2. The molecule has 1 heterocycles. The second-order valence-electron chi connectivity index (χ2n) is 4.28. The molecule has 0 atom stereocenters. The summed E-state index contributed by atoms with van der Waals surface area (Å²) in [7, 11) is 2.59. The molecule has 0 unspecified atom stereocenters. The molecular weight excluding hydrogens is 310 g/mol. The molecule has 1 N–H and O–H groups in total. The third-order valence-corrected chi connectivity index (χ3v) is 3.80. The highest BCUT2D eigenvalue weighted by molar-refractivity contribution is 8.18. The first-order valence-corrected chi connectivity index (χ1v) is 6.97. The van der Waals surface area contributed by atoms with Gasteiger partial charge in [-0.25, -0.2) is 0 Å². The lowest BCUT2D eigenvalue weighted by molar-refractivity contribution is -0.143. The molecule has 0 aromatic heterocycles. The molecule has 0 radical (unpaired) electrons. The molecule has 8 heteroatoms. The Kier molecular flexibility index (Phi) is 4.71. The average molecular weight is 323 g/mol. The lowest BCUT2D eigenvalue weighted by Gasteiger charge is -2.09. The molecule has 7 nitrogen and oxygen atoms in total. The minimum atomic E-state index is -0.671. The van der Waals surface area contributed by atoms with E-state index >= 15 is 0 Å². The molecule has 1 aromatic carbocycles. The molecule has 2 rings (SSSR count). The number of esters is 1. The van der Waals surface area contributed by atoms with Crippen LogP contribution in [0.15, 0.2) is 23.1 Å². The minimum Gasteiger partial charge on any atom is -0.504 e. The van der Waals surface area contributed by atoms with E-state index in [4.69, 9.17) is 4.74 Å². The van der Waals surface area contributed by atoms with Gasteiger partial charge in [0.15, 0.2) is 11.5 Å². The van der Waals surface area contributed by atoms with Gasteiger partial charge in [0.2, 0.25) is 0 Å². The van der Waals surface area contributed by atoms with Crippen molar-refractivity contribution in [1.29, 1.82) is 0 Å². The van der Waals surface area contributed by atoms with Crippen molar-refractivity contribution in [1.82, 2.24) is 4.90 Å². The number of amides is 2. The highest BCUT2D eigenvalue weighted by Crippen LogP contribution is 2.33. The molecule has 22 heavy (non-hydrogen) atoms. The monoisotopic (exact) mass is 323 g/mol. The van der Waals surface area contributed by atoms with E-state index in [0.717, 1.165) is 16.7 Å². The summed E-state index contributed by atoms with van der Waals surface area (Å²) >= 11 is 0.734. The quantitative estimate of drug-likeness (QED) is 0.664. The van der Waals surface area contributed by atoms with Gasteiger partial charge >= 0.3 is 5.97 Å². The summed E-state index contributed by atoms with van der Waals surface area (Å²) < 4.78 is 9.42. The third kappa shape index (κ3) is 3.22. The van der Waals surface area contributed by atoms with Gasteiger partial charge in [-0.3, -0.25) is 19.3 Å². The topological polar surface area (TPSA) is 93.1 Å². The Morgan fingerprint density at radius 2 is 2.09 bits per heavy atom. The largest absolute Gasteiger partial charge is 0.504 e. The van der Waals surface area contributed by atoms with Crippen LogP contribution in [-0.2, 0) is 14.3 Å². The molecule has 0 spiro atoms. The number of phenolic OH excluding ortho intramolecular Hbond substituents is 1. The van der Waals surface area contributed by atoms with Crippen LogP contribution in [0, 0.1) is 0 Å². The van der Waals surface area contributed by atoms with Crippen molar-refractivity contribution in [3.8, 4) is 11.5 Å². The summed E-state index contributed by atoms with van der Waals surface area (Å²) in [6.07, 6.45) is 1.49. The number of methoxy groups -OCH3 is 2. The Bertz CT molecular complexity index is 669. The summed E-state index contributed by atoms with van der Waals surface area (Å²) in [4.78, 5) is 36.1. The van der Waals surface area contributed by atoms with Crippen LogP contribution in [0.2, 0.25) is 0 Å². The standard InChI is InChI=1S/C14H13NO6S/c1-20-10-5-8(3-4-9(10)16)6-11-13(18)15(14(19)22-11)7-12(17)21-2/h3-6,16H,7H2,1-2H3. The highest BCUT2D eigenvalue weighted by Gasteiger charge is 2.36. The Morgan fingerprint density at radius 3 is 2.73 bits per heavy atom. The predicted molar refractivity (Wildman–Crippen MR) is 79.4 cm³/mol. The van der Waals surface area contributed by atoms with Gasteiger partial charge in [0.1, 0.15) is 6.54 Å². The van der Waals surface area contributed by atoms with E-state index in [1.54, 1.807) is 6.07 Å². The number of benzene rings is 1. The zero-order chi connectivity index (χ0) is 16.3. The zero-order valence-electron chi connectivity index (χ0n) is 11.9. The van der Waals surface area contributed by atoms with Gasteiger partial charge in [-0.1, -0.05) is 6.07 Å². The van der Waals surface area contributed by atoms with Crippen LogP contribution in [0.4, 0.5) is 4.79 Å². The van der Waals surface area contributed by atoms with Crippen LogP contribution in [0.3, 0.4) is 0 Å². The maximum absolute atomic E-state index is 12.1. The van der Waals surface area contributed by atoms with Gasteiger partial charge in [0.25, 0.3) is 11.1 Å². The van der Waals surface area contributed by atoms with Crippen molar-refractivity contribution < 1.29 is 29.0 Å². The van der Waals surface area contributed by atoms with Crippen molar-refractivity contribution in [2.45, 2.75) is 0 Å². The predicted octanol–water partition coefficient (Wildman–Crippen LogP) is 1.61. The number of thioether (sulfide) groups is 1. The number of carbonyl (C=O) groups is 3. The molecule has 116 valence electrons. The van der Waals surface area contributed by atoms with Crippen LogP contribution in [0.1, 0.15) is 5.56 Å². The second kappa shape index (κ2) is 6.52. The Morgan fingerprint density at radius 1 is 1.36 bits per heavy atom. The van der Waals surface area contributed by atoms with E-state index < -0.39 is 23.7 Å². The number of carbonyl (C=O) groups excluding carboxylic acids is 3. The van der Waals surface area contributed by atoms with E-state index in [1.807, 2.05) is 0 Å². The maximum atomic E-state index is 12.1. The molecule has 1 fully saturated rings. The van der Waals surface area contributed by atoms with Gasteiger partial charge in [-0.05, 0) is 35.5 Å². The highest BCUT2D eigenvalue weighted by atomic mass is 32.2. The second-order valence-corrected chi connectivity index (χ2v) is 5.27. The summed E-state index contributed by atoms with van der Waals surface area (Å²) in [5, 5.41) is 8.99. The van der Waals surface area contributed by atoms with E-state index in [-0.39, 0.29) is 16.4 Å². The maximum Gasteiger partial charge on any atom is 0.325 e. The molecule has 1 saturated heterocycles. The van der Waals surface area contributed by atoms with E-state index in [2.05, 4.69) is 4.74 Å². The van der Waals surface area contributed by atoms with Gasteiger partial charge in [-0.15, -0.1) is 0 Å². The average Bonchev–Trinajstić information content (AvgIpc) is 2.76. The van der Waals surface area contributed by atoms with Crippen LogP contribution >= 0.6 is 11.8 Å². The lowest BCUT2D eigenvalue weighted by Crippen LogP contribution is -2.34. The smallest absolute Gasteiger partial charge is 0.325 e. The van der Waals surface area contributed by atoms with Gasteiger partial charge in [-0.2, -0.15) is 0 Å². The van der Waals surface area contributed by atoms with Crippen molar-refractivity contribution in [3.05, 3.63) is 28.7 Å². The molecule has 1 aliphatic heterocycles. The zero-order valence-corrected chi connectivity index (χ0v) is 12.7.